The zero-order valence-electron chi connectivity index (χ0n) is 12.6. The summed E-state index contributed by atoms with van der Waals surface area (Å²) in [5.74, 6) is 1.17. The molecule has 0 aliphatic carbocycles. The lowest BCUT2D eigenvalue weighted by atomic mass is 10.1. The molecule has 1 aromatic rings. The quantitative estimate of drug-likeness (QED) is 0.907. The third kappa shape index (κ3) is 3.48. The van der Waals surface area contributed by atoms with E-state index in [9.17, 15) is 4.79 Å². The molecule has 1 aromatic heterocycles. The van der Waals surface area contributed by atoms with E-state index in [0.29, 0.717) is 6.04 Å². The van der Waals surface area contributed by atoms with Crippen LogP contribution in [0.2, 0.25) is 0 Å². The lowest BCUT2D eigenvalue weighted by Crippen LogP contribution is -2.33. The van der Waals surface area contributed by atoms with Crippen molar-refractivity contribution in [3.05, 3.63) is 23.9 Å². The Balaban J connectivity index is 2.09. The number of aromatic nitrogens is 1. The van der Waals surface area contributed by atoms with E-state index in [0.717, 1.165) is 38.4 Å². The van der Waals surface area contributed by atoms with Gasteiger partial charge < -0.3 is 15.1 Å². The first-order valence-corrected chi connectivity index (χ1v) is 7.25. The summed E-state index contributed by atoms with van der Waals surface area (Å²) in [4.78, 5) is 20.1. The first-order valence-electron chi connectivity index (χ1n) is 7.25. The van der Waals surface area contributed by atoms with Crippen LogP contribution in [-0.4, -0.2) is 49.0 Å². The molecule has 1 aliphatic heterocycles. The van der Waals surface area contributed by atoms with Crippen molar-refractivity contribution in [2.24, 2.45) is 0 Å². The van der Waals surface area contributed by atoms with Gasteiger partial charge in [0.2, 0.25) is 5.91 Å². The minimum absolute atomic E-state index is 0.164. The summed E-state index contributed by atoms with van der Waals surface area (Å²) < 4.78 is 0. The molecule has 0 spiro atoms. The van der Waals surface area contributed by atoms with Crippen LogP contribution < -0.4 is 10.2 Å². The monoisotopic (exact) mass is 276 g/mol. The molecule has 0 saturated carbocycles. The number of pyridine rings is 1. The maximum absolute atomic E-state index is 11.5. The normalized spacial score (nSPS) is 17.8. The largest absolute Gasteiger partial charge is 0.355 e. The van der Waals surface area contributed by atoms with Crippen LogP contribution in [-0.2, 0) is 4.79 Å². The van der Waals surface area contributed by atoms with Crippen molar-refractivity contribution >= 4 is 11.7 Å². The second-order valence-electron chi connectivity index (χ2n) is 5.30. The van der Waals surface area contributed by atoms with Gasteiger partial charge in [-0.3, -0.25) is 4.79 Å². The number of rotatable bonds is 3. The molecular weight excluding hydrogens is 252 g/mol. The van der Waals surface area contributed by atoms with Crippen LogP contribution in [0.4, 0.5) is 5.82 Å². The predicted molar refractivity (Wildman–Crippen MR) is 80.8 cm³/mol. The van der Waals surface area contributed by atoms with Gasteiger partial charge in [-0.15, -0.1) is 0 Å². The molecular formula is C15H24N4O. The number of nitrogens with zero attached hydrogens (tertiary/aromatic N) is 3. The van der Waals surface area contributed by atoms with Gasteiger partial charge in [0, 0.05) is 45.3 Å². The van der Waals surface area contributed by atoms with Gasteiger partial charge in [0.25, 0.3) is 0 Å². The van der Waals surface area contributed by atoms with Crippen molar-refractivity contribution in [1.29, 1.82) is 0 Å². The highest BCUT2D eigenvalue weighted by molar-refractivity contribution is 5.73. The SMILES string of the molecule is CNC(C)c1ccnc(N2CCCN(C(C)=O)CC2)c1. The third-order valence-corrected chi connectivity index (χ3v) is 3.97. The lowest BCUT2D eigenvalue weighted by molar-refractivity contribution is -0.128. The summed E-state index contributed by atoms with van der Waals surface area (Å²) in [7, 11) is 1.96. The van der Waals surface area contributed by atoms with Gasteiger partial charge in [0.05, 0.1) is 0 Å². The summed E-state index contributed by atoms with van der Waals surface area (Å²) in [6, 6.07) is 4.51. The van der Waals surface area contributed by atoms with Gasteiger partial charge in [-0.2, -0.15) is 0 Å². The zero-order chi connectivity index (χ0) is 14.5. The fraction of sp³-hybridized carbons (Fsp3) is 0.600. The molecule has 1 aliphatic rings. The molecule has 1 unspecified atom stereocenters. The lowest BCUT2D eigenvalue weighted by Gasteiger charge is -2.23. The standard InChI is InChI=1S/C15H24N4O/c1-12(16-3)14-5-6-17-15(11-14)19-8-4-7-18(9-10-19)13(2)20/h5-6,11-12,16H,4,7-10H2,1-3H3. The fourth-order valence-corrected chi connectivity index (χ4v) is 2.50. The van der Waals surface area contributed by atoms with Crippen LogP contribution in [0, 0.1) is 0 Å². The van der Waals surface area contributed by atoms with E-state index in [1.165, 1.54) is 5.56 Å². The van der Waals surface area contributed by atoms with E-state index < -0.39 is 0 Å². The zero-order valence-corrected chi connectivity index (χ0v) is 12.6. The van der Waals surface area contributed by atoms with E-state index in [1.807, 2.05) is 24.2 Å². The Labute approximate surface area is 121 Å². The number of amides is 1. The molecule has 2 heterocycles. The first-order chi connectivity index (χ1) is 9.61. The molecule has 110 valence electrons. The third-order valence-electron chi connectivity index (χ3n) is 3.97. The highest BCUT2D eigenvalue weighted by atomic mass is 16.2. The molecule has 1 N–H and O–H groups in total. The van der Waals surface area contributed by atoms with Crippen molar-refractivity contribution in [3.63, 3.8) is 0 Å². The maximum Gasteiger partial charge on any atom is 0.219 e. The molecule has 1 fully saturated rings. The van der Waals surface area contributed by atoms with Gasteiger partial charge in [-0.1, -0.05) is 0 Å². The van der Waals surface area contributed by atoms with Crippen LogP contribution in [0.15, 0.2) is 18.3 Å². The molecule has 2 rings (SSSR count). The van der Waals surface area contributed by atoms with Crippen LogP contribution in [0.3, 0.4) is 0 Å². The van der Waals surface area contributed by atoms with E-state index in [4.69, 9.17) is 0 Å². The summed E-state index contributed by atoms with van der Waals surface area (Å²) in [5.41, 5.74) is 1.24. The van der Waals surface area contributed by atoms with E-state index >= 15 is 0 Å². The molecule has 5 nitrogen and oxygen atoms in total. The van der Waals surface area contributed by atoms with E-state index in [1.54, 1.807) is 6.92 Å². The summed E-state index contributed by atoms with van der Waals surface area (Å²) in [5, 5.41) is 3.25. The summed E-state index contributed by atoms with van der Waals surface area (Å²) >= 11 is 0. The van der Waals surface area contributed by atoms with E-state index in [-0.39, 0.29) is 5.91 Å². The van der Waals surface area contributed by atoms with Crippen LogP contribution in [0.5, 0.6) is 0 Å². The molecule has 1 amide bonds. The van der Waals surface area contributed by atoms with Crippen LogP contribution in [0.1, 0.15) is 31.9 Å². The minimum atomic E-state index is 0.164. The minimum Gasteiger partial charge on any atom is -0.355 e. The molecule has 20 heavy (non-hydrogen) atoms. The number of hydrogen-bond donors (Lipinski definition) is 1. The van der Waals surface area contributed by atoms with Gasteiger partial charge >= 0.3 is 0 Å². The maximum atomic E-state index is 11.5. The Morgan fingerprint density at radius 1 is 1.35 bits per heavy atom. The molecule has 1 saturated heterocycles. The second-order valence-corrected chi connectivity index (χ2v) is 5.30. The van der Waals surface area contributed by atoms with Gasteiger partial charge in [0.15, 0.2) is 0 Å². The van der Waals surface area contributed by atoms with Gasteiger partial charge in [-0.25, -0.2) is 4.98 Å². The number of carbonyl (C=O) groups excluding carboxylic acids is 1. The van der Waals surface area contributed by atoms with Gasteiger partial charge in [0.1, 0.15) is 5.82 Å². The average molecular weight is 276 g/mol. The Kier molecular flexibility index (Phi) is 4.95. The number of hydrogen-bond acceptors (Lipinski definition) is 4. The number of anilines is 1. The molecule has 5 heteroatoms. The predicted octanol–water partition coefficient (Wildman–Crippen LogP) is 1.42. The molecule has 0 aromatic carbocycles. The van der Waals surface area contributed by atoms with Crippen LogP contribution >= 0.6 is 0 Å². The average Bonchev–Trinajstić information content (AvgIpc) is 2.72. The van der Waals surface area contributed by atoms with E-state index in [2.05, 4.69) is 28.2 Å². The Morgan fingerprint density at radius 3 is 2.85 bits per heavy atom. The van der Waals surface area contributed by atoms with Crippen molar-refractivity contribution < 1.29 is 4.79 Å². The Hall–Kier alpha value is -1.62. The Bertz CT molecular complexity index is 463. The Morgan fingerprint density at radius 2 is 2.15 bits per heavy atom. The highest BCUT2D eigenvalue weighted by Crippen LogP contribution is 2.19. The molecule has 1 atom stereocenters. The summed E-state index contributed by atoms with van der Waals surface area (Å²) in [6.07, 6.45) is 2.86. The van der Waals surface area contributed by atoms with Crippen molar-refractivity contribution in [2.45, 2.75) is 26.3 Å². The van der Waals surface area contributed by atoms with Crippen molar-refractivity contribution in [3.8, 4) is 0 Å². The highest BCUT2D eigenvalue weighted by Gasteiger charge is 2.18. The topological polar surface area (TPSA) is 48.5 Å². The number of nitrogens with one attached hydrogen (secondary N) is 1. The first kappa shape index (κ1) is 14.8. The molecule has 0 bridgehead atoms. The summed E-state index contributed by atoms with van der Waals surface area (Å²) in [6.45, 7) is 7.21. The van der Waals surface area contributed by atoms with Crippen molar-refractivity contribution in [1.82, 2.24) is 15.2 Å². The van der Waals surface area contributed by atoms with Gasteiger partial charge in [-0.05, 0) is 38.1 Å². The second kappa shape index (κ2) is 6.70. The van der Waals surface area contributed by atoms with Crippen LogP contribution in [0.25, 0.3) is 0 Å². The molecule has 0 radical (unpaired) electrons. The number of carbonyl (C=O) groups is 1. The fourth-order valence-electron chi connectivity index (χ4n) is 2.50. The van der Waals surface area contributed by atoms with Crippen molar-refractivity contribution in [2.75, 3.05) is 38.1 Å². The smallest absolute Gasteiger partial charge is 0.219 e.